The average Bonchev–Trinajstić information content (AvgIpc) is 2.45. The predicted molar refractivity (Wildman–Crippen MR) is 78.9 cm³/mol. The van der Waals surface area contributed by atoms with E-state index in [4.69, 9.17) is 16.3 Å². The van der Waals surface area contributed by atoms with E-state index in [0.717, 1.165) is 0 Å². The maximum absolute atomic E-state index is 12.1. The van der Waals surface area contributed by atoms with Crippen molar-refractivity contribution < 1.29 is 19.7 Å². The van der Waals surface area contributed by atoms with Gasteiger partial charge in [0.25, 0.3) is 5.91 Å². The molecule has 0 radical (unpaired) electrons. The van der Waals surface area contributed by atoms with E-state index < -0.39 is 5.91 Å². The lowest BCUT2D eigenvalue weighted by Crippen LogP contribution is -2.23. The summed E-state index contributed by atoms with van der Waals surface area (Å²) in [6.07, 6.45) is 0. The van der Waals surface area contributed by atoms with Crippen molar-refractivity contribution in [1.82, 2.24) is 5.32 Å². The third kappa shape index (κ3) is 3.20. The fraction of sp³-hybridized carbons (Fsp3) is 0.133. The standard InChI is InChI=1S/C15H14ClNO4/c1-21-13-7-2-4-10(16)9(13)8-17-15(20)14-11(18)5-3-6-12(14)19/h2-7,18-19H,8H2,1H3,(H,17,20). The predicted octanol–water partition coefficient (Wildman–Crippen LogP) is 2.69. The van der Waals surface area contributed by atoms with E-state index in [0.29, 0.717) is 16.3 Å². The van der Waals surface area contributed by atoms with Crippen LogP contribution in [0.2, 0.25) is 5.02 Å². The van der Waals surface area contributed by atoms with Gasteiger partial charge in [0.1, 0.15) is 22.8 Å². The summed E-state index contributed by atoms with van der Waals surface area (Å²) in [6.45, 7) is 0.107. The Kier molecular flexibility index (Phi) is 4.55. The maximum Gasteiger partial charge on any atom is 0.259 e. The molecule has 2 aromatic carbocycles. The van der Waals surface area contributed by atoms with Crippen LogP contribution >= 0.6 is 11.6 Å². The van der Waals surface area contributed by atoms with Gasteiger partial charge in [-0.1, -0.05) is 23.7 Å². The Morgan fingerprint density at radius 3 is 2.43 bits per heavy atom. The molecule has 2 aromatic rings. The Labute approximate surface area is 126 Å². The zero-order valence-corrected chi connectivity index (χ0v) is 12.0. The number of phenols is 2. The Hall–Kier alpha value is -2.40. The van der Waals surface area contributed by atoms with Crippen molar-refractivity contribution in [3.63, 3.8) is 0 Å². The van der Waals surface area contributed by atoms with Crippen LogP contribution in [-0.2, 0) is 6.54 Å². The summed E-state index contributed by atoms with van der Waals surface area (Å²) in [5.74, 6) is -0.644. The van der Waals surface area contributed by atoms with E-state index in [1.807, 2.05) is 0 Å². The molecule has 5 nitrogen and oxygen atoms in total. The first-order valence-corrected chi connectivity index (χ1v) is 6.53. The second kappa shape index (κ2) is 6.37. The van der Waals surface area contributed by atoms with Crippen molar-refractivity contribution >= 4 is 17.5 Å². The highest BCUT2D eigenvalue weighted by molar-refractivity contribution is 6.31. The highest BCUT2D eigenvalue weighted by Gasteiger charge is 2.17. The number of halogens is 1. The number of carbonyl (C=O) groups excluding carboxylic acids is 1. The molecule has 0 aliphatic carbocycles. The van der Waals surface area contributed by atoms with E-state index in [2.05, 4.69) is 5.32 Å². The molecule has 0 aliphatic rings. The first kappa shape index (κ1) is 15.0. The van der Waals surface area contributed by atoms with Crippen molar-refractivity contribution in [2.45, 2.75) is 6.54 Å². The number of hydrogen-bond donors (Lipinski definition) is 3. The van der Waals surface area contributed by atoms with Crippen LogP contribution < -0.4 is 10.1 Å². The van der Waals surface area contributed by atoms with E-state index >= 15 is 0 Å². The van der Waals surface area contributed by atoms with Gasteiger partial charge >= 0.3 is 0 Å². The summed E-state index contributed by atoms with van der Waals surface area (Å²) in [6, 6.07) is 9.24. The molecule has 0 saturated carbocycles. The molecule has 0 atom stereocenters. The van der Waals surface area contributed by atoms with Gasteiger partial charge in [0.2, 0.25) is 0 Å². The van der Waals surface area contributed by atoms with Gasteiger partial charge in [0.05, 0.1) is 7.11 Å². The van der Waals surface area contributed by atoms with Gasteiger partial charge in [0, 0.05) is 17.1 Å². The van der Waals surface area contributed by atoms with Crippen LogP contribution in [0, 0.1) is 0 Å². The molecule has 6 heteroatoms. The summed E-state index contributed by atoms with van der Waals surface area (Å²) in [4.78, 5) is 12.1. The van der Waals surface area contributed by atoms with Crippen molar-refractivity contribution in [2.24, 2.45) is 0 Å². The van der Waals surface area contributed by atoms with Gasteiger partial charge in [-0.25, -0.2) is 0 Å². The van der Waals surface area contributed by atoms with Gasteiger partial charge < -0.3 is 20.3 Å². The Morgan fingerprint density at radius 1 is 1.19 bits per heavy atom. The third-order valence-corrected chi connectivity index (χ3v) is 3.32. The number of aromatic hydroxyl groups is 2. The SMILES string of the molecule is COc1cccc(Cl)c1CNC(=O)c1c(O)cccc1O. The van der Waals surface area contributed by atoms with Crippen molar-refractivity contribution in [3.8, 4) is 17.2 Å². The minimum Gasteiger partial charge on any atom is -0.507 e. The Bertz CT molecular complexity index is 652. The van der Waals surface area contributed by atoms with Gasteiger partial charge in [-0.05, 0) is 24.3 Å². The van der Waals surface area contributed by atoms with Gasteiger partial charge in [0.15, 0.2) is 0 Å². The Morgan fingerprint density at radius 2 is 1.81 bits per heavy atom. The zero-order chi connectivity index (χ0) is 15.4. The molecule has 0 aromatic heterocycles. The van der Waals surface area contributed by atoms with Gasteiger partial charge in [-0.2, -0.15) is 0 Å². The number of benzene rings is 2. The number of ether oxygens (including phenoxy) is 1. The fourth-order valence-corrected chi connectivity index (χ4v) is 2.15. The molecule has 3 N–H and O–H groups in total. The Balaban J connectivity index is 2.19. The van der Waals surface area contributed by atoms with Gasteiger partial charge in [-0.15, -0.1) is 0 Å². The highest BCUT2D eigenvalue weighted by Crippen LogP contribution is 2.28. The average molecular weight is 308 g/mol. The molecule has 110 valence electrons. The van der Waals surface area contributed by atoms with E-state index in [1.54, 1.807) is 18.2 Å². The minimum atomic E-state index is -0.604. The van der Waals surface area contributed by atoms with Crippen LogP contribution in [-0.4, -0.2) is 23.2 Å². The van der Waals surface area contributed by atoms with Crippen LogP contribution in [0.4, 0.5) is 0 Å². The van der Waals surface area contributed by atoms with Crippen LogP contribution in [0.1, 0.15) is 15.9 Å². The molecule has 21 heavy (non-hydrogen) atoms. The van der Waals surface area contributed by atoms with E-state index in [-0.39, 0.29) is 23.6 Å². The van der Waals surface area contributed by atoms with Crippen molar-refractivity contribution in [2.75, 3.05) is 7.11 Å². The molecule has 0 heterocycles. The zero-order valence-electron chi connectivity index (χ0n) is 11.3. The molecular weight excluding hydrogens is 294 g/mol. The number of methoxy groups -OCH3 is 1. The number of hydrogen-bond acceptors (Lipinski definition) is 4. The highest BCUT2D eigenvalue weighted by atomic mass is 35.5. The van der Waals surface area contributed by atoms with Crippen molar-refractivity contribution in [1.29, 1.82) is 0 Å². The number of phenolic OH excluding ortho intramolecular Hbond substituents is 2. The number of nitrogens with one attached hydrogen (secondary N) is 1. The number of carbonyl (C=O) groups is 1. The lowest BCUT2D eigenvalue weighted by Gasteiger charge is -2.12. The minimum absolute atomic E-state index is 0.107. The smallest absolute Gasteiger partial charge is 0.259 e. The monoisotopic (exact) mass is 307 g/mol. The number of amides is 1. The van der Waals surface area contributed by atoms with E-state index in [1.165, 1.54) is 25.3 Å². The van der Waals surface area contributed by atoms with Crippen LogP contribution in [0.15, 0.2) is 36.4 Å². The summed E-state index contributed by atoms with van der Waals surface area (Å²) in [5.41, 5.74) is 0.438. The molecule has 0 bridgehead atoms. The molecule has 2 rings (SSSR count). The topological polar surface area (TPSA) is 78.8 Å². The largest absolute Gasteiger partial charge is 0.507 e. The maximum atomic E-state index is 12.1. The van der Waals surface area contributed by atoms with E-state index in [9.17, 15) is 15.0 Å². The molecular formula is C15H14ClNO4. The second-order valence-electron chi connectivity index (χ2n) is 4.27. The summed E-state index contributed by atoms with van der Waals surface area (Å²) in [5, 5.41) is 22.3. The third-order valence-electron chi connectivity index (χ3n) is 2.97. The van der Waals surface area contributed by atoms with Crippen LogP contribution in [0.25, 0.3) is 0 Å². The molecule has 0 aliphatic heterocycles. The molecule has 0 fully saturated rings. The number of rotatable bonds is 4. The quantitative estimate of drug-likeness (QED) is 0.811. The lowest BCUT2D eigenvalue weighted by molar-refractivity contribution is 0.0945. The normalized spacial score (nSPS) is 10.2. The van der Waals surface area contributed by atoms with Crippen LogP contribution in [0.5, 0.6) is 17.2 Å². The second-order valence-corrected chi connectivity index (χ2v) is 4.68. The molecule has 1 amide bonds. The summed E-state index contributed by atoms with van der Waals surface area (Å²) >= 11 is 6.07. The molecule has 0 saturated heterocycles. The summed E-state index contributed by atoms with van der Waals surface area (Å²) < 4.78 is 5.18. The fourth-order valence-electron chi connectivity index (χ4n) is 1.92. The first-order valence-electron chi connectivity index (χ1n) is 6.15. The first-order chi connectivity index (χ1) is 10.0. The van der Waals surface area contributed by atoms with Crippen LogP contribution in [0.3, 0.4) is 0 Å². The molecule has 0 spiro atoms. The van der Waals surface area contributed by atoms with Gasteiger partial charge in [-0.3, -0.25) is 4.79 Å². The molecule has 0 unspecified atom stereocenters. The summed E-state index contributed by atoms with van der Waals surface area (Å²) in [7, 11) is 1.51. The lowest BCUT2D eigenvalue weighted by atomic mass is 10.1. The van der Waals surface area contributed by atoms with Crippen molar-refractivity contribution in [3.05, 3.63) is 52.5 Å².